The van der Waals surface area contributed by atoms with Crippen molar-refractivity contribution in [2.75, 3.05) is 32.8 Å². The Morgan fingerprint density at radius 3 is 2.56 bits per heavy atom. The fourth-order valence-corrected chi connectivity index (χ4v) is 1.44. The molecular weight excluding hydrogens is 242 g/mol. The summed E-state index contributed by atoms with van der Waals surface area (Å²) in [5.41, 5.74) is 0. The summed E-state index contributed by atoms with van der Waals surface area (Å²) in [5, 5.41) is 15.4. The van der Waals surface area contributed by atoms with Crippen LogP contribution in [0, 0.1) is 5.92 Å². The van der Waals surface area contributed by atoms with Crippen LogP contribution >= 0.6 is 0 Å². The van der Waals surface area contributed by atoms with Crippen LogP contribution < -0.4 is 16.0 Å². The third-order valence-corrected chi connectivity index (χ3v) is 2.42. The van der Waals surface area contributed by atoms with Crippen molar-refractivity contribution in [2.45, 2.75) is 6.42 Å². The van der Waals surface area contributed by atoms with E-state index < -0.39 is 24.5 Å². The van der Waals surface area contributed by atoms with Gasteiger partial charge in [-0.3, -0.25) is 9.59 Å². The number of hydrogen-bond donors (Lipinski definition) is 4. The summed E-state index contributed by atoms with van der Waals surface area (Å²) >= 11 is 0. The maximum absolute atomic E-state index is 11.3. The summed E-state index contributed by atoms with van der Waals surface area (Å²) < 4.78 is 5.15. The number of aliphatic carboxylic acids is 1. The summed E-state index contributed by atoms with van der Waals surface area (Å²) in [6, 6.07) is -0.452. The van der Waals surface area contributed by atoms with Gasteiger partial charge in [-0.2, -0.15) is 0 Å². The minimum Gasteiger partial charge on any atom is -0.480 e. The molecule has 1 atom stereocenters. The van der Waals surface area contributed by atoms with E-state index in [1.54, 1.807) is 0 Å². The molecule has 0 aromatic heterocycles. The molecule has 0 aromatic rings. The van der Waals surface area contributed by atoms with Crippen LogP contribution in [0.1, 0.15) is 6.42 Å². The van der Waals surface area contributed by atoms with Crippen molar-refractivity contribution in [3.63, 3.8) is 0 Å². The zero-order valence-corrected chi connectivity index (χ0v) is 9.90. The summed E-state index contributed by atoms with van der Waals surface area (Å²) in [7, 11) is 0. The van der Waals surface area contributed by atoms with E-state index in [0.717, 1.165) is 6.42 Å². The van der Waals surface area contributed by atoms with E-state index in [1.807, 2.05) is 0 Å². The second-order valence-corrected chi connectivity index (χ2v) is 3.96. The lowest BCUT2D eigenvalue weighted by molar-refractivity contribution is -0.137. The van der Waals surface area contributed by atoms with E-state index >= 15 is 0 Å². The van der Waals surface area contributed by atoms with Crippen LogP contribution in [0.3, 0.4) is 0 Å². The van der Waals surface area contributed by atoms with Crippen molar-refractivity contribution >= 4 is 17.9 Å². The average molecular weight is 259 g/mol. The smallest absolute Gasteiger partial charge is 0.322 e. The Morgan fingerprint density at radius 1 is 1.17 bits per heavy atom. The highest BCUT2D eigenvalue weighted by Gasteiger charge is 2.16. The van der Waals surface area contributed by atoms with Gasteiger partial charge in [0.2, 0.25) is 5.91 Å². The standard InChI is InChI=1S/C10H17N3O5/c14-8(11-5-9(15)16)4-13-10(17)12-3-7-1-2-18-6-7/h7H,1-6H2,(H,11,14)(H,15,16)(H2,12,13,17). The summed E-state index contributed by atoms with van der Waals surface area (Å²) in [6.45, 7) is 1.15. The molecule has 1 aliphatic heterocycles. The van der Waals surface area contributed by atoms with Crippen molar-refractivity contribution < 1.29 is 24.2 Å². The number of nitrogens with one attached hydrogen (secondary N) is 3. The van der Waals surface area contributed by atoms with Crippen LogP contribution in [0.15, 0.2) is 0 Å². The topological polar surface area (TPSA) is 117 Å². The zero-order chi connectivity index (χ0) is 13.4. The Bertz CT molecular complexity index is 315. The second kappa shape index (κ2) is 7.49. The van der Waals surface area contributed by atoms with Crippen molar-refractivity contribution in [1.82, 2.24) is 16.0 Å². The fraction of sp³-hybridized carbons (Fsp3) is 0.700. The first kappa shape index (κ1) is 14.2. The minimum atomic E-state index is -1.13. The van der Waals surface area contributed by atoms with Gasteiger partial charge >= 0.3 is 12.0 Å². The number of carboxylic acids is 1. The molecule has 102 valence electrons. The number of carbonyl (C=O) groups excluding carboxylic acids is 2. The van der Waals surface area contributed by atoms with Gasteiger partial charge in [0, 0.05) is 19.1 Å². The van der Waals surface area contributed by atoms with E-state index in [1.165, 1.54) is 0 Å². The number of carboxylic acid groups (broad SMARTS) is 1. The van der Waals surface area contributed by atoms with Gasteiger partial charge in [-0.1, -0.05) is 0 Å². The lowest BCUT2D eigenvalue weighted by Crippen LogP contribution is -2.44. The quantitative estimate of drug-likeness (QED) is 0.464. The molecule has 0 radical (unpaired) electrons. The molecule has 0 spiro atoms. The largest absolute Gasteiger partial charge is 0.480 e. The second-order valence-electron chi connectivity index (χ2n) is 3.96. The van der Waals surface area contributed by atoms with E-state index in [0.29, 0.717) is 25.7 Å². The van der Waals surface area contributed by atoms with Crippen LogP contribution in [0.25, 0.3) is 0 Å². The van der Waals surface area contributed by atoms with Crippen LogP contribution in [0.2, 0.25) is 0 Å². The van der Waals surface area contributed by atoms with E-state index in [2.05, 4.69) is 16.0 Å². The average Bonchev–Trinajstić information content (AvgIpc) is 2.84. The lowest BCUT2D eigenvalue weighted by Gasteiger charge is -2.10. The molecule has 18 heavy (non-hydrogen) atoms. The Labute approximate surface area is 104 Å². The maximum atomic E-state index is 11.3. The number of carbonyl (C=O) groups is 3. The highest BCUT2D eigenvalue weighted by atomic mass is 16.5. The zero-order valence-electron chi connectivity index (χ0n) is 9.90. The maximum Gasteiger partial charge on any atom is 0.322 e. The first-order valence-electron chi connectivity index (χ1n) is 5.66. The van der Waals surface area contributed by atoms with Gasteiger partial charge in [0.05, 0.1) is 13.2 Å². The molecule has 3 amide bonds. The molecule has 8 nitrogen and oxygen atoms in total. The van der Waals surface area contributed by atoms with Crippen molar-refractivity contribution in [3.05, 3.63) is 0 Å². The number of ether oxygens (including phenoxy) is 1. The molecule has 1 aliphatic rings. The first-order valence-corrected chi connectivity index (χ1v) is 5.66. The van der Waals surface area contributed by atoms with Gasteiger partial charge in [0.25, 0.3) is 0 Å². The third kappa shape index (κ3) is 6.04. The number of hydrogen-bond acceptors (Lipinski definition) is 4. The molecule has 1 fully saturated rings. The Morgan fingerprint density at radius 2 is 1.94 bits per heavy atom. The van der Waals surface area contributed by atoms with E-state index in [4.69, 9.17) is 9.84 Å². The third-order valence-electron chi connectivity index (χ3n) is 2.42. The molecule has 8 heteroatoms. The van der Waals surface area contributed by atoms with Crippen LogP contribution in [-0.4, -0.2) is 55.9 Å². The van der Waals surface area contributed by atoms with Gasteiger partial charge in [-0.15, -0.1) is 0 Å². The monoisotopic (exact) mass is 259 g/mol. The van der Waals surface area contributed by atoms with E-state index in [9.17, 15) is 14.4 Å². The van der Waals surface area contributed by atoms with Gasteiger partial charge in [0.15, 0.2) is 0 Å². The molecule has 0 bridgehead atoms. The van der Waals surface area contributed by atoms with Crippen molar-refractivity contribution in [3.8, 4) is 0 Å². The SMILES string of the molecule is O=C(O)CNC(=O)CNC(=O)NCC1CCOC1. The van der Waals surface area contributed by atoms with Gasteiger partial charge < -0.3 is 25.8 Å². The van der Waals surface area contributed by atoms with Crippen molar-refractivity contribution in [2.24, 2.45) is 5.92 Å². The summed E-state index contributed by atoms with van der Waals surface area (Å²) in [4.78, 5) is 32.5. The number of rotatable bonds is 6. The molecule has 0 saturated carbocycles. The molecule has 1 rings (SSSR count). The van der Waals surface area contributed by atoms with Crippen molar-refractivity contribution in [1.29, 1.82) is 0 Å². The van der Waals surface area contributed by atoms with Gasteiger partial charge in [-0.05, 0) is 6.42 Å². The first-order chi connectivity index (χ1) is 8.58. The van der Waals surface area contributed by atoms with Gasteiger partial charge in [0.1, 0.15) is 6.54 Å². The predicted molar refractivity (Wildman–Crippen MR) is 61.0 cm³/mol. The molecule has 0 aromatic carbocycles. The molecule has 1 saturated heterocycles. The van der Waals surface area contributed by atoms with Crippen LogP contribution in [0.4, 0.5) is 4.79 Å². The molecule has 1 unspecified atom stereocenters. The minimum absolute atomic E-state index is 0.250. The predicted octanol–water partition coefficient (Wildman–Crippen LogP) is -1.48. The van der Waals surface area contributed by atoms with Gasteiger partial charge in [-0.25, -0.2) is 4.79 Å². The molecule has 1 heterocycles. The highest BCUT2D eigenvalue weighted by molar-refractivity contribution is 5.86. The highest BCUT2D eigenvalue weighted by Crippen LogP contribution is 2.10. The Balaban J connectivity index is 2.05. The Kier molecular flexibility index (Phi) is 5.92. The number of amides is 3. The summed E-state index contributed by atoms with van der Waals surface area (Å²) in [5.74, 6) is -1.36. The van der Waals surface area contributed by atoms with Crippen LogP contribution in [-0.2, 0) is 14.3 Å². The fourth-order valence-electron chi connectivity index (χ4n) is 1.44. The molecular formula is C10H17N3O5. The number of urea groups is 1. The molecule has 0 aliphatic carbocycles. The Hall–Kier alpha value is -1.83. The summed E-state index contributed by atoms with van der Waals surface area (Å²) in [6.07, 6.45) is 0.916. The molecule has 4 N–H and O–H groups in total. The van der Waals surface area contributed by atoms with E-state index in [-0.39, 0.29) is 6.54 Å². The normalized spacial score (nSPS) is 18.1. The lowest BCUT2D eigenvalue weighted by atomic mass is 10.1. The van der Waals surface area contributed by atoms with Crippen LogP contribution in [0.5, 0.6) is 0 Å².